The number of carbonyl (C=O) groups excluding carboxylic acids is 1. The second-order valence-electron chi connectivity index (χ2n) is 2.78. The third kappa shape index (κ3) is 0.982. The van der Waals surface area contributed by atoms with E-state index in [-0.39, 0.29) is 30.7 Å². The second-order valence-corrected chi connectivity index (χ2v) is 2.78. The van der Waals surface area contributed by atoms with E-state index < -0.39 is 0 Å². The van der Waals surface area contributed by atoms with Gasteiger partial charge in [-0.15, -0.1) is 0 Å². The average molecular weight is 158 g/mol. The minimum Gasteiger partial charge on any atom is -0.367 e. The van der Waals surface area contributed by atoms with Crippen LogP contribution in [0.5, 0.6) is 0 Å². The molecule has 0 aromatic rings. The zero-order valence-electron chi connectivity index (χ0n) is 6.28. The number of hydrogen-bond acceptors (Lipinski definition) is 4. The molecule has 4 nitrogen and oxygen atoms in total. The van der Waals surface area contributed by atoms with E-state index in [2.05, 4.69) is 0 Å². The van der Waals surface area contributed by atoms with Crippen molar-refractivity contribution in [2.75, 3.05) is 20.3 Å². The molecule has 0 saturated carbocycles. The molecular formula is C7H10O4. The molecule has 0 aromatic carbocycles. The van der Waals surface area contributed by atoms with Crippen LogP contribution >= 0.6 is 0 Å². The number of carbonyl (C=O) groups is 1. The van der Waals surface area contributed by atoms with Gasteiger partial charge in [0.2, 0.25) is 0 Å². The lowest BCUT2D eigenvalue weighted by atomic mass is 10.0. The molecular weight excluding hydrogens is 148 g/mol. The minimum atomic E-state index is -0.380. The number of Topliss-reactive ketones (excluding diaryl/α,β-unsaturated/α-hetero) is 1. The van der Waals surface area contributed by atoms with Gasteiger partial charge in [-0.3, -0.25) is 4.79 Å². The largest absolute Gasteiger partial charge is 0.367 e. The molecule has 0 aromatic heterocycles. The Kier molecular flexibility index (Phi) is 1.67. The average Bonchev–Trinajstić information content (AvgIpc) is 2.54. The van der Waals surface area contributed by atoms with Crippen LogP contribution in [-0.4, -0.2) is 38.5 Å². The highest BCUT2D eigenvalue weighted by atomic mass is 16.7. The van der Waals surface area contributed by atoms with Crippen molar-refractivity contribution in [2.24, 2.45) is 5.92 Å². The predicted octanol–water partition coefficient (Wildman–Crippen LogP) is -0.427. The smallest absolute Gasteiger partial charge is 0.169 e. The molecule has 0 aliphatic carbocycles. The molecule has 3 atom stereocenters. The van der Waals surface area contributed by atoms with Crippen molar-refractivity contribution in [3.05, 3.63) is 0 Å². The predicted molar refractivity (Wildman–Crippen MR) is 35.0 cm³/mol. The molecule has 0 radical (unpaired) electrons. The molecule has 2 heterocycles. The lowest BCUT2D eigenvalue weighted by Crippen LogP contribution is -2.27. The van der Waals surface area contributed by atoms with Crippen LogP contribution in [0.3, 0.4) is 0 Å². The van der Waals surface area contributed by atoms with Crippen LogP contribution in [0.1, 0.15) is 0 Å². The first-order chi connectivity index (χ1) is 5.33. The summed E-state index contributed by atoms with van der Waals surface area (Å²) in [5, 5.41) is 0. The van der Waals surface area contributed by atoms with Crippen molar-refractivity contribution in [1.29, 1.82) is 0 Å². The number of methoxy groups -OCH3 is 1. The van der Waals surface area contributed by atoms with Gasteiger partial charge in [0.05, 0.1) is 18.6 Å². The summed E-state index contributed by atoms with van der Waals surface area (Å²) in [4.78, 5) is 11.1. The van der Waals surface area contributed by atoms with Gasteiger partial charge in [-0.25, -0.2) is 0 Å². The van der Waals surface area contributed by atoms with Crippen molar-refractivity contribution < 1.29 is 19.0 Å². The summed E-state index contributed by atoms with van der Waals surface area (Å²) in [7, 11) is 1.54. The van der Waals surface area contributed by atoms with E-state index in [4.69, 9.17) is 14.2 Å². The summed E-state index contributed by atoms with van der Waals surface area (Å²) in [6.07, 6.45) is -0.442. The van der Waals surface area contributed by atoms with Gasteiger partial charge in [0, 0.05) is 7.11 Å². The van der Waals surface area contributed by atoms with Crippen molar-refractivity contribution in [3.8, 4) is 0 Å². The number of rotatable bonds is 1. The molecule has 11 heavy (non-hydrogen) atoms. The molecule has 0 bridgehead atoms. The van der Waals surface area contributed by atoms with Crippen LogP contribution < -0.4 is 0 Å². The molecule has 3 unspecified atom stereocenters. The van der Waals surface area contributed by atoms with Crippen LogP contribution in [0, 0.1) is 5.92 Å². The van der Waals surface area contributed by atoms with E-state index in [1.54, 1.807) is 7.11 Å². The first kappa shape index (κ1) is 7.21. The molecule has 62 valence electrons. The molecule has 2 aliphatic heterocycles. The van der Waals surface area contributed by atoms with Gasteiger partial charge in [0.25, 0.3) is 0 Å². The minimum absolute atomic E-state index is 0.0625. The molecule has 2 aliphatic rings. The topological polar surface area (TPSA) is 44.8 Å². The van der Waals surface area contributed by atoms with E-state index in [0.29, 0.717) is 6.61 Å². The number of hydrogen-bond donors (Lipinski definition) is 0. The van der Waals surface area contributed by atoms with Gasteiger partial charge < -0.3 is 14.2 Å². The normalized spacial score (nSPS) is 43.0. The summed E-state index contributed by atoms with van der Waals surface area (Å²) in [6, 6.07) is 0. The Morgan fingerprint density at radius 3 is 3.09 bits per heavy atom. The number of ether oxygens (including phenoxy) is 3. The maximum Gasteiger partial charge on any atom is 0.169 e. The molecule has 0 spiro atoms. The first-order valence-corrected chi connectivity index (χ1v) is 3.61. The summed E-state index contributed by atoms with van der Waals surface area (Å²) in [5.41, 5.74) is 0. The van der Waals surface area contributed by atoms with Gasteiger partial charge in [0.1, 0.15) is 6.61 Å². The monoisotopic (exact) mass is 158 g/mol. The summed E-state index contributed by atoms with van der Waals surface area (Å²) in [6.45, 7) is 0.702. The summed E-state index contributed by atoms with van der Waals surface area (Å²) in [5.74, 6) is -0.0839. The quantitative estimate of drug-likeness (QED) is 0.519. The lowest BCUT2D eigenvalue weighted by Gasteiger charge is -2.11. The van der Waals surface area contributed by atoms with Crippen LogP contribution in [0.2, 0.25) is 0 Å². The highest BCUT2D eigenvalue weighted by Gasteiger charge is 2.47. The molecule has 2 fully saturated rings. The third-order valence-electron chi connectivity index (χ3n) is 2.16. The summed E-state index contributed by atoms with van der Waals surface area (Å²) >= 11 is 0. The first-order valence-electron chi connectivity index (χ1n) is 3.61. The SMILES string of the molecule is COC1OCC2OCC(=O)C21. The van der Waals surface area contributed by atoms with E-state index in [9.17, 15) is 4.79 Å². The molecule has 2 saturated heterocycles. The van der Waals surface area contributed by atoms with Gasteiger partial charge in [-0.05, 0) is 0 Å². The zero-order chi connectivity index (χ0) is 7.84. The van der Waals surface area contributed by atoms with Crippen LogP contribution in [-0.2, 0) is 19.0 Å². The second kappa shape index (κ2) is 2.55. The third-order valence-corrected chi connectivity index (χ3v) is 2.16. The number of fused-ring (bicyclic) bond motifs is 1. The Labute approximate surface area is 64.4 Å². The maximum atomic E-state index is 11.1. The Morgan fingerprint density at radius 1 is 1.55 bits per heavy atom. The lowest BCUT2D eigenvalue weighted by molar-refractivity contribution is -0.140. The van der Waals surface area contributed by atoms with Gasteiger partial charge >= 0.3 is 0 Å². The van der Waals surface area contributed by atoms with E-state index in [0.717, 1.165) is 0 Å². The van der Waals surface area contributed by atoms with E-state index in [1.807, 2.05) is 0 Å². The van der Waals surface area contributed by atoms with Crippen LogP contribution in [0.4, 0.5) is 0 Å². The molecule has 0 amide bonds. The fourth-order valence-electron chi connectivity index (χ4n) is 1.58. The Bertz CT molecular complexity index is 179. The van der Waals surface area contributed by atoms with Gasteiger partial charge in [0.15, 0.2) is 12.1 Å². The Hall–Kier alpha value is -0.450. The highest BCUT2D eigenvalue weighted by Crippen LogP contribution is 2.29. The highest BCUT2D eigenvalue weighted by molar-refractivity contribution is 5.85. The Morgan fingerprint density at radius 2 is 2.36 bits per heavy atom. The standard InChI is InChI=1S/C7H10O4/c1-9-7-6-4(8)2-10-5(6)3-11-7/h5-7H,2-3H2,1H3. The maximum absolute atomic E-state index is 11.1. The fraction of sp³-hybridized carbons (Fsp3) is 0.857. The van der Waals surface area contributed by atoms with Crippen molar-refractivity contribution >= 4 is 5.78 Å². The Balaban J connectivity index is 2.13. The van der Waals surface area contributed by atoms with Crippen molar-refractivity contribution in [3.63, 3.8) is 0 Å². The number of ketones is 1. The molecule has 0 N–H and O–H groups in total. The van der Waals surface area contributed by atoms with Crippen LogP contribution in [0.15, 0.2) is 0 Å². The molecule has 2 rings (SSSR count). The fourth-order valence-corrected chi connectivity index (χ4v) is 1.58. The zero-order valence-corrected chi connectivity index (χ0v) is 6.28. The van der Waals surface area contributed by atoms with Crippen molar-refractivity contribution in [2.45, 2.75) is 12.4 Å². The van der Waals surface area contributed by atoms with E-state index >= 15 is 0 Å². The molecule has 4 heteroatoms. The van der Waals surface area contributed by atoms with Crippen LogP contribution in [0.25, 0.3) is 0 Å². The van der Waals surface area contributed by atoms with Gasteiger partial charge in [-0.2, -0.15) is 0 Å². The van der Waals surface area contributed by atoms with Crippen molar-refractivity contribution in [1.82, 2.24) is 0 Å². The summed E-state index contributed by atoms with van der Waals surface area (Å²) < 4.78 is 15.3. The van der Waals surface area contributed by atoms with E-state index in [1.165, 1.54) is 0 Å². The van der Waals surface area contributed by atoms with Gasteiger partial charge in [-0.1, -0.05) is 0 Å².